The van der Waals surface area contributed by atoms with Gasteiger partial charge in [0.05, 0.1) is 12.0 Å². The lowest BCUT2D eigenvalue weighted by Gasteiger charge is -2.56. The summed E-state index contributed by atoms with van der Waals surface area (Å²) in [7, 11) is 0. The van der Waals surface area contributed by atoms with Crippen molar-refractivity contribution in [3.63, 3.8) is 0 Å². The zero-order valence-electron chi connectivity index (χ0n) is 17.6. The Labute approximate surface area is 178 Å². The lowest BCUT2D eigenvalue weighted by molar-refractivity contribution is -0.146. The molecule has 4 bridgehead atoms. The van der Waals surface area contributed by atoms with E-state index in [1.54, 1.807) is 0 Å². The molecule has 30 heavy (non-hydrogen) atoms. The van der Waals surface area contributed by atoms with Gasteiger partial charge in [-0.25, -0.2) is 0 Å². The number of nitrogens with one attached hydrogen (secondary N) is 1. The molecule has 1 aromatic carbocycles. The average molecular weight is 406 g/mol. The van der Waals surface area contributed by atoms with E-state index in [4.69, 9.17) is 4.74 Å². The Balaban J connectivity index is 1.17. The van der Waals surface area contributed by atoms with Crippen LogP contribution in [0.3, 0.4) is 0 Å². The Hall–Kier alpha value is -2.10. The minimum absolute atomic E-state index is 0.0362. The SMILES string of the molecule is C=C1C[C@@H]2COC(=O)[C@]2(Cc2ccc(C(=O)NC34CC5CC(CC(C5)C3)C4)cc2)C1. The normalized spacial score (nSPS) is 41.1. The van der Waals surface area contributed by atoms with E-state index in [0.717, 1.165) is 47.3 Å². The van der Waals surface area contributed by atoms with Crippen molar-refractivity contribution in [2.24, 2.45) is 29.1 Å². The maximum atomic E-state index is 13.1. The van der Waals surface area contributed by atoms with Crippen LogP contribution in [0, 0.1) is 29.1 Å². The van der Waals surface area contributed by atoms with Crippen LogP contribution in [-0.2, 0) is 16.0 Å². The lowest BCUT2D eigenvalue weighted by atomic mass is 9.53. The number of hydrogen-bond donors (Lipinski definition) is 1. The van der Waals surface area contributed by atoms with Crippen molar-refractivity contribution in [1.29, 1.82) is 0 Å². The van der Waals surface area contributed by atoms with E-state index in [1.165, 1.54) is 38.5 Å². The molecule has 2 atom stereocenters. The highest BCUT2D eigenvalue weighted by Gasteiger charge is 2.56. The summed E-state index contributed by atoms with van der Waals surface area (Å²) >= 11 is 0. The van der Waals surface area contributed by atoms with Gasteiger partial charge < -0.3 is 10.1 Å². The molecule has 1 saturated heterocycles. The van der Waals surface area contributed by atoms with Crippen LogP contribution >= 0.6 is 0 Å². The smallest absolute Gasteiger partial charge is 0.313 e. The van der Waals surface area contributed by atoms with E-state index in [1.807, 2.05) is 24.3 Å². The number of esters is 1. The molecule has 5 saturated carbocycles. The number of cyclic esters (lactones) is 1. The quantitative estimate of drug-likeness (QED) is 0.595. The minimum atomic E-state index is -0.444. The van der Waals surface area contributed by atoms with Crippen molar-refractivity contribution < 1.29 is 14.3 Å². The number of rotatable bonds is 4. The number of fused-ring (bicyclic) bond motifs is 1. The standard InChI is InChI=1S/C26H31NO3/c1-16-6-22-15-30-24(29)26(22,10-16)14-17-2-4-21(5-3-17)23(28)27-25-11-18-7-19(12-25)9-20(8-18)13-25/h2-5,18-20,22H,1,6-15H2,(H,27,28)/t18?,19?,20?,22-,25?,26+/m1/s1. The van der Waals surface area contributed by atoms with E-state index in [9.17, 15) is 9.59 Å². The minimum Gasteiger partial charge on any atom is -0.465 e. The molecule has 158 valence electrons. The first kappa shape index (κ1) is 18.7. The lowest BCUT2D eigenvalue weighted by Crippen LogP contribution is -2.59. The molecule has 4 heteroatoms. The monoisotopic (exact) mass is 405 g/mol. The molecule has 1 aromatic rings. The molecule has 1 N–H and O–H groups in total. The summed E-state index contributed by atoms with van der Waals surface area (Å²) in [4.78, 5) is 25.6. The van der Waals surface area contributed by atoms with Gasteiger partial charge in [-0.3, -0.25) is 9.59 Å². The fourth-order valence-electron chi connectivity index (χ4n) is 7.98. The van der Waals surface area contributed by atoms with Crippen LogP contribution in [-0.4, -0.2) is 24.0 Å². The molecule has 5 aliphatic carbocycles. The number of hydrogen-bond acceptors (Lipinski definition) is 3. The van der Waals surface area contributed by atoms with Gasteiger partial charge in [0.25, 0.3) is 5.91 Å². The van der Waals surface area contributed by atoms with Gasteiger partial charge >= 0.3 is 5.97 Å². The molecule has 0 radical (unpaired) electrons. The second-order valence-electron chi connectivity index (χ2n) is 11.1. The predicted molar refractivity (Wildman–Crippen MR) is 114 cm³/mol. The van der Waals surface area contributed by atoms with Crippen molar-refractivity contribution in [3.8, 4) is 0 Å². The van der Waals surface area contributed by atoms with Gasteiger partial charge in [0, 0.05) is 17.0 Å². The van der Waals surface area contributed by atoms with Crippen molar-refractivity contribution in [3.05, 3.63) is 47.5 Å². The molecule has 6 fully saturated rings. The maximum absolute atomic E-state index is 13.1. The molecule has 1 heterocycles. The first-order valence-electron chi connectivity index (χ1n) is 11.7. The molecule has 7 rings (SSSR count). The third-order valence-corrected chi connectivity index (χ3v) is 8.86. The molecule has 0 unspecified atom stereocenters. The summed E-state index contributed by atoms with van der Waals surface area (Å²) < 4.78 is 5.40. The maximum Gasteiger partial charge on any atom is 0.313 e. The second kappa shape index (κ2) is 6.45. The molecular formula is C26H31NO3. The number of benzene rings is 1. The van der Waals surface area contributed by atoms with Crippen LogP contribution in [0.4, 0.5) is 0 Å². The fraction of sp³-hybridized carbons (Fsp3) is 0.615. The highest BCUT2D eigenvalue weighted by molar-refractivity contribution is 5.94. The van der Waals surface area contributed by atoms with Crippen molar-refractivity contribution in [1.82, 2.24) is 5.32 Å². The van der Waals surface area contributed by atoms with E-state index in [-0.39, 0.29) is 23.3 Å². The number of carbonyl (C=O) groups is 2. The Morgan fingerprint density at radius 3 is 2.33 bits per heavy atom. The van der Waals surface area contributed by atoms with E-state index >= 15 is 0 Å². The summed E-state index contributed by atoms with van der Waals surface area (Å²) in [5.41, 5.74) is 2.57. The van der Waals surface area contributed by atoms with Gasteiger partial charge in [0.1, 0.15) is 0 Å². The first-order chi connectivity index (χ1) is 14.4. The van der Waals surface area contributed by atoms with Crippen LogP contribution < -0.4 is 5.32 Å². The molecule has 0 spiro atoms. The second-order valence-corrected chi connectivity index (χ2v) is 11.1. The fourth-order valence-corrected chi connectivity index (χ4v) is 7.98. The van der Waals surface area contributed by atoms with Gasteiger partial charge in [0.2, 0.25) is 0 Å². The summed E-state index contributed by atoms with van der Waals surface area (Å²) in [6, 6.07) is 7.90. The van der Waals surface area contributed by atoms with E-state index in [2.05, 4.69) is 11.9 Å². The van der Waals surface area contributed by atoms with Gasteiger partial charge in [-0.05, 0) is 93.2 Å². The third-order valence-electron chi connectivity index (χ3n) is 8.86. The average Bonchev–Trinajstić information content (AvgIpc) is 3.15. The van der Waals surface area contributed by atoms with E-state index < -0.39 is 5.41 Å². The zero-order chi connectivity index (χ0) is 20.5. The van der Waals surface area contributed by atoms with E-state index in [0.29, 0.717) is 13.0 Å². The number of amides is 1. The largest absolute Gasteiger partial charge is 0.465 e. The Morgan fingerprint density at radius 2 is 1.70 bits per heavy atom. The number of ether oxygens (including phenoxy) is 1. The highest BCUT2D eigenvalue weighted by Crippen LogP contribution is 2.56. The summed E-state index contributed by atoms with van der Waals surface area (Å²) in [6.45, 7) is 4.64. The topological polar surface area (TPSA) is 55.4 Å². The Bertz CT molecular complexity index is 881. The van der Waals surface area contributed by atoms with Gasteiger partial charge in [-0.2, -0.15) is 0 Å². The van der Waals surface area contributed by atoms with Crippen molar-refractivity contribution in [2.45, 2.75) is 63.3 Å². The van der Waals surface area contributed by atoms with Gasteiger partial charge in [-0.15, -0.1) is 0 Å². The van der Waals surface area contributed by atoms with Crippen LogP contribution in [0.2, 0.25) is 0 Å². The highest BCUT2D eigenvalue weighted by atomic mass is 16.5. The zero-order valence-corrected chi connectivity index (χ0v) is 17.6. The number of allylic oxidation sites excluding steroid dienone is 1. The van der Waals surface area contributed by atoms with Crippen LogP contribution in [0.15, 0.2) is 36.4 Å². The van der Waals surface area contributed by atoms with Crippen molar-refractivity contribution in [2.75, 3.05) is 6.61 Å². The first-order valence-corrected chi connectivity index (χ1v) is 11.7. The van der Waals surface area contributed by atoms with Crippen LogP contribution in [0.1, 0.15) is 67.3 Å². The van der Waals surface area contributed by atoms with Gasteiger partial charge in [-0.1, -0.05) is 24.3 Å². The molecule has 4 nitrogen and oxygen atoms in total. The predicted octanol–water partition coefficient (Wildman–Crippen LogP) is 4.44. The summed E-state index contributed by atoms with van der Waals surface area (Å²) in [5.74, 6) is 2.69. The third kappa shape index (κ3) is 2.86. The molecule has 6 aliphatic rings. The summed E-state index contributed by atoms with van der Waals surface area (Å²) in [5, 5.41) is 3.46. The Kier molecular flexibility index (Phi) is 4.01. The Morgan fingerprint density at radius 1 is 1.07 bits per heavy atom. The van der Waals surface area contributed by atoms with Crippen LogP contribution in [0.5, 0.6) is 0 Å². The molecular weight excluding hydrogens is 374 g/mol. The van der Waals surface area contributed by atoms with Crippen LogP contribution in [0.25, 0.3) is 0 Å². The summed E-state index contributed by atoms with van der Waals surface area (Å²) in [6.07, 6.45) is 9.91. The van der Waals surface area contributed by atoms with Crippen molar-refractivity contribution >= 4 is 11.9 Å². The molecule has 1 amide bonds. The molecule has 0 aromatic heterocycles. The molecule has 1 aliphatic heterocycles. The number of carbonyl (C=O) groups excluding carboxylic acids is 2. The van der Waals surface area contributed by atoms with Gasteiger partial charge in [0.15, 0.2) is 0 Å².